The number of nitrogens with zero attached hydrogens (tertiary/aromatic N) is 1. The van der Waals surface area contributed by atoms with Crippen LogP contribution in [-0.4, -0.2) is 35.9 Å². The smallest absolute Gasteiger partial charge is 0.242 e. The number of rotatable bonds is 12. The Morgan fingerprint density at radius 3 is 2.43 bits per heavy atom. The van der Waals surface area contributed by atoms with Gasteiger partial charge in [-0.15, -0.1) is 0 Å². The molecule has 1 atom stereocenters. The van der Waals surface area contributed by atoms with Gasteiger partial charge >= 0.3 is 0 Å². The number of hydrogen-bond donors (Lipinski definition) is 1. The van der Waals surface area contributed by atoms with Crippen molar-refractivity contribution in [3.63, 3.8) is 0 Å². The summed E-state index contributed by atoms with van der Waals surface area (Å²) in [5.74, 6) is 0.577. The lowest BCUT2D eigenvalue weighted by atomic mass is 10.1. The number of halogens is 1. The van der Waals surface area contributed by atoms with Crippen LogP contribution in [0.15, 0.2) is 54.6 Å². The van der Waals surface area contributed by atoms with Crippen molar-refractivity contribution in [3.05, 3.63) is 65.2 Å². The molecule has 0 saturated carbocycles. The van der Waals surface area contributed by atoms with Crippen LogP contribution >= 0.6 is 11.6 Å². The highest BCUT2D eigenvalue weighted by atomic mass is 35.5. The van der Waals surface area contributed by atoms with Gasteiger partial charge in [0.25, 0.3) is 0 Å². The molecule has 0 spiro atoms. The molecule has 2 aromatic carbocycles. The first-order chi connectivity index (χ1) is 14.6. The van der Waals surface area contributed by atoms with E-state index in [1.54, 1.807) is 11.0 Å². The van der Waals surface area contributed by atoms with Gasteiger partial charge in [0.1, 0.15) is 11.8 Å². The minimum atomic E-state index is -0.532. The van der Waals surface area contributed by atoms with Gasteiger partial charge in [-0.2, -0.15) is 0 Å². The summed E-state index contributed by atoms with van der Waals surface area (Å²) in [4.78, 5) is 27.5. The van der Waals surface area contributed by atoms with Crippen LogP contribution in [0.1, 0.15) is 45.1 Å². The number of carbonyl (C=O) groups excluding carboxylic acids is 2. The summed E-state index contributed by atoms with van der Waals surface area (Å²) in [6, 6.07) is 16.4. The Morgan fingerprint density at radius 1 is 1.07 bits per heavy atom. The lowest BCUT2D eigenvalue weighted by Gasteiger charge is -2.31. The van der Waals surface area contributed by atoms with E-state index in [9.17, 15) is 9.59 Å². The van der Waals surface area contributed by atoms with E-state index in [0.29, 0.717) is 44.0 Å². The molecule has 0 aliphatic rings. The minimum absolute atomic E-state index is 0.0786. The van der Waals surface area contributed by atoms with E-state index in [1.165, 1.54) is 0 Å². The molecule has 0 aliphatic heterocycles. The summed E-state index contributed by atoms with van der Waals surface area (Å²) in [5, 5.41) is 3.51. The highest BCUT2D eigenvalue weighted by molar-refractivity contribution is 6.31. The van der Waals surface area contributed by atoms with Gasteiger partial charge in [-0.1, -0.05) is 61.8 Å². The summed E-state index contributed by atoms with van der Waals surface area (Å²) in [7, 11) is 0. The van der Waals surface area contributed by atoms with Crippen molar-refractivity contribution in [2.24, 2.45) is 0 Å². The molecule has 1 N–H and O–H groups in total. The molecular weight excluding hydrogens is 400 g/mol. The van der Waals surface area contributed by atoms with Crippen LogP contribution in [0, 0.1) is 0 Å². The zero-order valence-corrected chi connectivity index (χ0v) is 18.5. The Morgan fingerprint density at radius 2 is 1.77 bits per heavy atom. The molecule has 2 amide bonds. The van der Waals surface area contributed by atoms with Crippen LogP contribution in [-0.2, 0) is 16.1 Å². The number of amides is 2. The van der Waals surface area contributed by atoms with E-state index in [-0.39, 0.29) is 11.8 Å². The Bertz CT molecular complexity index is 798. The third kappa shape index (κ3) is 7.38. The zero-order valence-electron chi connectivity index (χ0n) is 17.8. The van der Waals surface area contributed by atoms with Crippen molar-refractivity contribution in [2.75, 3.05) is 13.2 Å². The molecular formula is C24H31ClN2O3. The average molecular weight is 431 g/mol. The Kier molecular flexibility index (Phi) is 10.2. The molecule has 0 radical (unpaired) electrons. The summed E-state index contributed by atoms with van der Waals surface area (Å²) in [6.07, 6.45) is 2.25. The number of hydrogen-bond acceptors (Lipinski definition) is 3. The normalized spacial score (nSPS) is 11.6. The molecule has 30 heavy (non-hydrogen) atoms. The molecule has 2 aromatic rings. The van der Waals surface area contributed by atoms with Crippen LogP contribution in [0.5, 0.6) is 5.75 Å². The average Bonchev–Trinajstić information content (AvgIpc) is 2.77. The maximum atomic E-state index is 13.1. The molecule has 0 saturated heterocycles. The molecule has 162 valence electrons. The lowest BCUT2D eigenvalue weighted by molar-refractivity contribution is -0.141. The van der Waals surface area contributed by atoms with Crippen LogP contribution in [0.4, 0.5) is 0 Å². The quantitative estimate of drug-likeness (QED) is 0.490. The Labute approximate surface area is 184 Å². The van der Waals surface area contributed by atoms with Gasteiger partial charge < -0.3 is 15.0 Å². The first-order valence-electron chi connectivity index (χ1n) is 10.5. The Balaban J connectivity index is 2.05. The van der Waals surface area contributed by atoms with Gasteiger partial charge in [0.05, 0.1) is 6.61 Å². The highest BCUT2D eigenvalue weighted by Gasteiger charge is 2.28. The number of benzene rings is 2. The van der Waals surface area contributed by atoms with Crippen LogP contribution in [0.3, 0.4) is 0 Å². The largest absolute Gasteiger partial charge is 0.494 e. The lowest BCUT2D eigenvalue weighted by Crippen LogP contribution is -2.49. The third-order valence-electron chi connectivity index (χ3n) is 4.78. The monoisotopic (exact) mass is 430 g/mol. The van der Waals surface area contributed by atoms with Gasteiger partial charge in [0, 0.05) is 24.5 Å². The van der Waals surface area contributed by atoms with E-state index < -0.39 is 6.04 Å². The van der Waals surface area contributed by atoms with Crippen molar-refractivity contribution in [1.29, 1.82) is 0 Å². The highest BCUT2D eigenvalue weighted by Crippen LogP contribution is 2.20. The molecule has 0 bridgehead atoms. The molecule has 0 heterocycles. The van der Waals surface area contributed by atoms with Crippen molar-refractivity contribution < 1.29 is 14.3 Å². The number of para-hydroxylation sites is 1. The van der Waals surface area contributed by atoms with Crippen LogP contribution in [0.25, 0.3) is 0 Å². The molecule has 0 aromatic heterocycles. The molecule has 5 nitrogen and oxygen atoms in total. The van der Waals surface area contributed by atoms with Crippen LogP contribution < -0.4 is 10.1 Å². The summed E-state index contributed by atoms with van der Waals surface area (Å²) < 4.78 is 5.69. The number of ether oxygens (including phenoxy) is 1. The van der Waals surface area contributed by atoms with Gasteiger partial charge in [0.2, 0.25) is 11.8 Å². The SMILES string of the molecule is CCCNC(=O)C(CC)N(Cc1ccccc1Cl)C(=O)CCCOc1ccccc1. The second-order valence-corrected chi connectivity index (χ2v) is 7.50. The van der Waals surface area contributed by atoms with E-state index >= 15 is 0 Å². The fourth-order valence-electron chi connectivity index (χ4n) is 3.17. The van der Waals surface area contributed by atoms with Crippen molar-refractivity contribution in [3.8, 4) is 5.75 Å². The molecule has 6 heteroatoms. The summed E-state index contributed by atoms with van der Waals surface area (Å²) in [6.45, 7) is 5.25. The molecule has 2 rings (SSSR count). The second kappa shape index (κ2) is 12.9. The third-order valence-corrected chi connectivity index (χ3v) is 5.15. The van der Waals surface area contributed by atoms with E-state index in [2.05, 4.69) is 5.32 Å². The predicted molar refractivity (Wildman–Crippen MR) is 121 cm³/mol. The van der Waals surface area contributed by atoms with Gasteiger partial charge in [0.15, 0.2) is 0 Å². The van der Waals surface area contributed by atoms with Crippen molar-refractivity contribution in [2.45, 2.75) is 52.1 Å². The van der Waals surface area contributed by atoms with E-state index in [1.807, 2.05) is 62.4 Å². The van der Waals surface area contributed by atoms with E-state index in [0.717, 1.165) is 17.7 Å². The minimum Gasteiger partial charge on any atom is -0.494 e. The summed E-state index contributed by atoms with van der Waals surface area (Å²) in [5.41, 5.74) is 0.829. The fraction of sp³-hybridized carbons (Fsp3) is 0.417. The Hall–Kier alpha value is -2.53. The first-order valence-corrected chi connectivity index (χ1v) is 10.9. The summed E-state index contributed by atoms with van der Waals surface area (Å²) >= 11 is 6.32. The maximum Gasteiger partial charge on any atom is 0.242 e. The standard InChI is InChI=1S/C24H31ClN2O3/c1-3-16-26-24(29)22(4-2)27(18-19-11-8-9-14-21(19)25)23(28)15-10-17-30-20-12-6-5-7-13-20/h5-9,11-14,22H,3-4,10,15-18H2,1-2H3,(H,26,29). The predicted octanol–water partition coefficient (Wildman–Crippen LogP) is 4.83. The van der Waals surface area contributed by atoms with Crippen molar-refractivity contribution in [1.82, 2.24) is 10.2 Å². The first kappa shape index (κ1) is 23.7. The maximum absolute atomic E-state index is 13.1. The molecule has 1 unspecified atom stereocenters. The van der Waals surface area contributed by atoms with Gasteiger partial charge in [-0.25, -0.2) is 0 Å². The van der Waals surface area contributed by atoms with Crippen molar-refractivity contribution >= 4 is 23.4 Å². The van der Waals surface area contributed by atoms with Gasteiger partial charge in [-0.3, -0.25) is 9.59 Å². The van der Waals surface area contributed by atoms with Crippen LogP contribution in [0.2, 0.25) is 5.02 Å². The number of nitrogens with one attached hydrogen (secondary N) is 1. The topological polar surface area (TPSA) is 58.6 Å². The fourth-order valence-corrected chi connectivity index (χ4v) is 3.36. The second-order valence-electron chi connectivity index (χ2n) is 7.09. The van der Waals surface area contributed by atoms with Gasteiger partial charge in [-0.05, 0) is 43.0 Å². The zero-order chi connectivity index (χ0) is 21.8. The molecule has 0 aliphatic carbocycles. The number of carbonyl (C=O) groups is 2. The van der Waals surface area contributed by atoms with E-state index in [4.69, 9.17) is 16.3 Å². The molecule has 0 fully saturated rings.